The number of nitriles is 1. The van der Waals surface area contributed by atoms with Crippen LogP contribution in [0, 0.1) is 23.2 Å². The molecule has 4 nitrogen and oxygen atoms in total. The molecule has 0 aliphatic carbocycles. The molecule has 132 valence electrons. The second kappa shape index (κ2) is 7.19. The fourth-order valence-corrected chi connectivity index (χ4v) is 2.41. The molecule has 0 saturated carbocycles. The van der Waals surface area contributed by atoms with E-state index in [-0.39, 0.29) is 5.56 Å². The summed E-state index contributed by atoms with van der Waals surface area (Å²) in [4.78, 5) is 7.83. The summed E-state index contributed by atoms with van der Waals surface area (Å²) in [5.41, 5.74) is 0.633. The normalized spacial score (nSPS) is 10.6. The molecule has 1 aromatic heterocycles. The minimum absolute atomic E-state index is 0.264. The van der Waals surface area contributed by atoms with E-state index in [4.69, 9.17) is 5.26 Å². The van der Waals surface area contributed by atoms with E-state index >= 15 is 0 Å². The maximum Gasteiger partial charge on any atom is 0.417 e. The number of rotatable bonds is 1. The van der Waals surface area contributed by atoms with Crippen LogP contribution in [-0.2, 0) is 6.18 Å². The van der Waals surface area contributed by atoms with E-state index in [1.54, 1.807) is 12.1 Å². The first kappa shape index (κ1) is 18.0. The molecule has 0 fully saturated rings. The molecule has 0 atom stereocenters. The van der Waals surface area contributed by atoms with E-state index in [1.165, 1.54) is 24.8 Å². The zero-order chi connectivity index (χ0) is 19.4. The summed E-state index contributed by atoms with van der Waals surface area (Å²) in [6, 6.07) is 9.55. The highest BCUT2D eigenvalue weighted by molar-refractivity contribution is 5.72. The van der Waals surface area contributed by atoms with E-state index < -0.39 is 17.5 Å². The number of benzene rings is 2. The number of aromatic nitrogens is 2. The Kier molecular flexibility index (Phi) is 4.78. The molecular weight excluding hydrogens is 355 g/mol. The number of phenols is 1. The molecule has 0 bridgehead atoms. The number of hydrogen-bond donors (Lipinski definition) is 1. The van der Waals surface area contributed by atoms with Gasteiger partial charge in [-0.3, -0.25) is 0 Å². The summed E-state index contributed by atoms with van der Waals surface area (Å²) in [6.45, 7) is 0. The van der Waals surface area contributed by atoms with Gasteiger partial charge in [0, 0.05) is 34.6 Å². The average molecular weight is 365 g/mol. The minimum atomic E-state index is -4.65. The summed E-state index contributed by atoms with van der Waals surface area (Å²) >= 11 is 0. The van der Waals surface area contributed by atoms with Gasteiger partial charge in [0.05, 0.1) is 17.2 Å². The Bertz CT molecular complexity index is 1090. The zero-order valence-electron chi connectivity index (χ0n) is 13.6. The Morgan fingerprint density at radius 2 is 1.59 bits per heavy atom. The van der Waals surface area contributed by atoms with Gasteiger partial charge in [-0.2, -0.15) is 18.4 Å². The molecule has 1 heterocycles. The number of halogens is 3. The topological polar surface area (TPSA) is 69.8 Å². The van der Waals surface area contributed by atoms with Crippen molar-refractivity contribution in [3.8, 4) is 34.8 Å². The predicted molar refractivity (Wildman–Crippen MR) is 91.3 cm³/mol. The lowest BCUT2D eigenvalue weighted by Gasteiger charge is -2.09. The Hall–Kier alpha value is -3.84. The van der Waals surface area contributed by atoms with Crippen molar-refractivity contribution in [3.05, 3.63) is 77.4 Å². The summed E-state index contributed by atoms with van der Waals surface area (Å²) < 4.78 is 39.5. The third-order valence-electron chi connectivity index (χ3n) is 3.66. The first-order valence-electron chi connectivity index (χ1n) is 7.60. The first-order chi connectivity index (χ1) is 12.9. The molecule has 0 unspecified atom stereocenters. The molecule has 0 aliphatic rings. The molecule has 7 heteroatoms. The lowest BCUT2D eigenvalue weighted by molar-refractivity contribution is -0.137. The molecule has 0 saturated heterocycles. The number of alkyl halides is 3. The van der Waals surface area contributed by atoms with Crippen LogP contribution in [0.1, 0.15) is 22.3 Å². The van der Waals surface area contributed by atoms with E-state index in [1.807, 2.05) is 6.07 Å². The molecule has 0 spiro atoms. The number of nitrogens with zero attached hydrogens (tertiary/aromatic N) is 3. The van der Waals surface area contributed by atoms with Crippen LogP contribution >= 0.6 is 0 Å². The van der Waals surface area contributed by atoms with Crippen molar-refractivity contribution < 1.29 is 18.3 Å². The smallest absolute Gasteiger partial charge is 0.417 e. The molecule has 3 rings (SSSR count). The lowest BCUT2D eigenvalue weighted by Crippen LogP contribution is -2.07. The number of aromatic hydroxyl groups is 1. The van der Waals surface area contributed by atoms with Gasteiger partial charge in [-0.05, 0) is 36.4 Å². The van der Waals surface area contributed by atoms with E-state index in [0.717, 1.165) is 12.1 Å². The summed E-state index contributed by atoms with van der Waals surface area (Å²) in [7, 11) is 0. The minimum Gasteiger partial charge on any atom is -0.508 e. The van der Waals surface area contributed by atoms with Crippen LogP contribution in [0.4, 0.5) is 13.2 Å². The van der Waals surface area contributed by atoms with Gasteiger partial charge in [0.1, 0.15) is 12.1 Å². The van der Waals surface area contributed by atoms with Crippen molar-refractivity contribution in [1.82, 2.24) is 9.97 Å². The van der Waals surface area contributed by atoms with Gasteiger partial charge in [-0.1, -0.05) is 11.8 Å². The molecule has 0 radical (unpaired) electrons. The van der Waals surface area contributed by atoms with Crippen molar-refractivity contribution in [1.29, 1.82) is 5.26 Å². The maximum absolute atomic E-state index is 13.2. The maximum atomic E-state index is 13.2. The second-order valence-corrected chi connectivity index (χ2v) is 5.48. The Labute approximate surface area is 152 Å². The van der Waals surface area contributed by atoms with Gasteiger partial charge >= 0.3 is 6.18 Å². The molecule has 2 aromatic carbocycles. The zero-order valence-corrected chi connectivity index (χ0v) is 13.6. The Balaban J connectivity index is 2.13. The third-order valence-corrected chi connectivity index (χ3v) is 3.66. The SMILES string of the molecule is N#Cc1ccc(C#Cc2ccc(O)cc2C(F)(F)F)c(-c2cncnc2)c1. The van der Waals surface area contributed by atoms with Gasteiger partial charge in [-0.25, -0.2) is 9.97 Å². The molecule has 0 amide bonds. The predicted octanol–water partition coefficient (Wildman–Crippen LogP) is 4.14. The van der Waals surface area contributed by atoms with Crippen LogP contribution in [0.2, 0.25) is 0 Å². The summed E-state index contributed by atoms with van der Waals surface area (Å²) in [6.07, 6.45) is -0.259. The fourth-order valence-electron chi connectivity index (χ4n) is 2.41. The fraction of sp³-hybridized carbons (Fsp3) is 0.0500. The van der Waals surface area contributed by atoms with Crippen LogP contribution < -0.4 is 0 Å². The van der Waals surface area contributed by atoms with Crippen molar-refractivity contribution in [3.63, 3.8) is 0 Å². The quantitative estimate of drug-likeness (QED) is 0.658. The number of phenolic OH excluding ortho intramolecular Hbond substituents is 1. The average Bonchev–Trinajstić information content (AvgIpc) is 2.67. The van der Waals surface area contributed by atoms with E-state index in [0.29, 0.717) is 28.3 Å². The second-order valence-electron chi connectivity index (χ2n) is 5.48. The van der Waals surface area contributed by atoms with Crippen LogP contribution in [0.5, 0.6) is 5.75 Å². The van der Waals surface area contributed by atoms with E-state index in [9.17, 15) is 18.3 Å². The van der Waals surface area contributed by atoms with Gasteiger partial charge in [0.25, 0.3) is 0 Å². The molecular formula is C20H10F3N3O. The Morgan fingerprint density at radius 3 is 2.26 bits per heavy atom. The van der Waals surface area contributed by atoms with Crippen LogP contribution in [-0.4, -0.2) is 15.1 Å². The molecule has 0 aliphatic heterocycles. The molecule has 3 aromatic rings. The van der Waals surface area contributed by atoms with Gasteiger partial charge in [-0.15, -0.1) is 0 Å². The van der Waals surface area contributed by atoms with Gasteiger partial charge in [0.15, 0.2) is 0 Å². The van der Waals surface area contributed by atoms with Crippen LogP contribution in [0.25, 0.3) is 11.1 Å². The number of hydrogen-bond acceptors (Lipinski definition) is 4. The van der Waals surface area contributed by atoms with Crippen LogP contribution in [0.3, 0.4) is 0 Å². The van der Waals surface area contributed by atoms with Crippen molar-refractivity contribution in [2.45, 2.75) is 6.18 Å². The monoisotopic (exact) mass is 365 g/mol. The summed E-state index contributed by atoms with van der Waals surface area (Å²) in [5, 5.41) is 18.4. The van der Waals surface area contributed by atoms with Gasteiger partial charge in [0.2, 0.25) is 0 Å². The van der Waals surface area contributed by atoms with E-state index in [2.05, 4.69) is 21.8 Å². The molecule has 1 N–H and O–H groups in total. The largest absolute Gasteiger partial charge is 0.508 e. The van der Waals surface area contributed by atoms with Crippen LogP contribution in [0.15, 0.2) is 55.1 Å². The first-order valence-corrected chi connectivity index (χ1v) is 7.60. The standard InChI is InChI=1S/C20H10F3N3O/c21-20(22,23)19-8-17(27)6-5-15(19)4-3-14-2-1-13(9-24)7-18(14)16-10-25-12-26-11-16/h1-2,5-8,10-12,27H. The highest BCUT2D eigenvalue weighted by atomic mass is 19.4. The highest BCUT2D eigenvalue weighted by Crippen LogP contribution is 2.34. The summed E-state index contributed by atoms with van der Waals surface area (Å²) in [5.74, 6) is 4.73. The third kappa shape index (κ3) is 4.05. The molecule has 27 heavy (non-hydrogen) atoms. The highest BCUT2D eigenvalue weighted by Gasteiger charge is 2.33. The van der Waals surface area contributed by atoms with Crippen molar-refractivity contribution >= 4 is 0 Å². The van der Waals surface area contributed by atoms with Crippen molar-refractivity contribution in [2.75, 3.05) is 0 Å². The Morgan fingerprint density at radius 1 is 0.926 bits per heavy atom. The van der Waals surface area contributed by atoms with Gasteiger partial charge < -0.3 is 5.11 Å². The van der Waals surface area contributed by atoms with Crippen molar-refractivity contribution in [2.24, 2.45) is 0 Å². The lowest BCUT2D eigenvalue weighted by atomic mass is 9.99.